The van der Waals surface area contributed by atoms with Crippen molar-refractivity contribution in [1.82, 2.24) is 5.43 Å². The third-order valence-corrected chi connectivity index (χ3v) is 4.85. The van der Waals surface area contributed by atoms with Crippen molar-refractivity contribution in [2.24, 2.45) is 5.10 Å². The quantitative estimate of drug-likeness (QED) is 0.294. The minimum atomic E-state index is -4.46. The van der Waals surface area contributed by atoms with E-state index >= 15 is 0 Å². The predicted octanol–water partition coefficient (Wildman–Crippen LogP) is 6.03. The standard InChI is InChI=1S/C25H22ClF3N2O3/c1-2-33-23-13-19(8-11-22(23)34-16-17-6-9-21(26)10-7-17)15-30-31-24(32)14-18-4-3-5-20(12-18)25(27,28)29/h3-13,15H,2,14,16H2,1H3,(H,31,32). The van der Waals surface area contributed by atoms with Crippen molar-refractivity contribution in [1.29, 1.82) is 0 Å². The number of hydrogen-bond acceptors (Lipinski definition) is 4. The van der Waals surface area contributed by atoms with Crippen LogP contribution in [0.5, 0.6) is 11.5 Å². The van der Waals surface area contributed by atoms with E-state index in [1.807, 2.05) is 19.1 Å². The highest BCUT2D eigenvalue weighted by Crippen LogP contribution is 2.30. The Bertz CT molecular complexity index is 1150. The molecule has 178 valence electrons. The summed E-state index contributed by atoms with van der Waals surface area (Å²) in [6, 6.07) is 17.1. The van der Waals surface area contributed by atoms with E-state index in [2.05, 4.69) is 10.5 Å². The molecule has 3 rings (SSSR count). The largest absolute Gasteiger partial charge is 0.490 e. The number of nitrogens with one attached hydrogen (secondary N) is 1. The summed E-state index contributed by atoms with van der Waals surface area (Å²) in [6.45, 7) is 2.60. The number of amides is 1. The molecule has 3 aromatic rings. The Morgan fingerprint density at radius 1 is 1.00 bits per heavy atom. The molecule has 0 radical (unpaired) electrons. The second-order valence-electron chi connectivity index (χ2n) is 7.22. The molecule has 9 heteroatoms. The lowest BCUT2D eigenvalue weighted by Crippen LogP contribution is -2.20. The summed E-state index contributed by atoms with van der Waals surface area (Å²) in [4.78, 5) is 12.1. The summed E-state index contributed by atoms with van der Waals surface area (Å²) >= 11 is 5.90. The van der Waals surface area contributed by atoms with Crippen LogP contribution in [0.2, 0.25) is 5.02 Å². The van der Waals surface area contributed by atoms with Crippen molar-refractivity contribution >= 4 is 23.7 Å². The van der Waals surface area contributed by atoms with Crippen LogP contribution in [0.1, 0.15) is 29.2 Å². The zero-order valence-electron chi connectivity index (χ0n) is 18.2. The number of alkyl halides is 3. The van der Waals surface area contributed by atoms with Gasteiger partial charge >= 0.3 is 6.18 Å². The Labute approximate surface area is 200 Å². The van der Waals surface area contributed by atoms with Gasteiger partial charge < -0.3 is 9.47 Å². The summed E-state index contributed by atoms with van der Waals surface area (Å²) in [5, 5.41) is 4.53. The van der Waals surface area contributed by atoms with Crippen LogP contribution >= 0.6 is 11.6 Å². The molecule has 0 bridgehead atoms. The molecule has 0 saturated carbocycles. The van der Waals surface area contributed by atoms with Crippen LogP contribution in [0.3, 0.4) is 0 Å². The molecular formula is C25H22ClF3N2O3. The van der Waals surface area contributed by atoms with Gasteiger partial charge in [-0.1, -0.05) is 41.9 Å². The number of hydrazone groups is 1. The summed E-state index contributed by atoms with van der Waals surface area (Å²) in [5.74, 6) is 0.516. The Kier molecular flexibility index (Phi) is 8.54. The molecule has 0 fully saturated rings. The SMILES string of the molecule is CCOc1cc(C=NNC(=O)Cc2cccc(C(F)(F)F)c2)ccc1OCc1ccc(Cl)cc1. The first kappa shape index (κ1) is 25.1. The molecule has 0 aliphatic heterocycles. The number of rotatable bonds is 9. The minimum Gasteiger partial charge on any atom is -0.490 e. The Hall–Kier alpha value is -3.52. The van der Waals surface area contributed by atoms with Gasteiger partial charge in [0.15, 0.2) is 11.5 Å². The van der Waals surface area contributed by atoms with Crippen molar-refractivity contribution in [3.8, 4) is 11.5 Å². The van der Waals surface area contributed by atoms with Crippen LogP contribution in [0.25, 0.3) is 0 Å². The maximum atomic E-state index is 12.8. The fraction of sp³-hybridized carbons (Fsp3) is 0.200. The normalized spacial score (nSPS) is 11.4. The van der Waals surface area contributed by atoms with Gasteiger partial charge in [-0.2, -0.15) is 18.3 Å². The number of benzene rings is 3. The number of carbonyl (C=O) groups excluding carboxylic acids is 1. The van der Waals surface area contributed by atoms with Gasteiger partial charge in [0.25, 0.3) is 0 Å². The van der Waals surface area contributed by atoms with Gasteiger partial charge in [-0.3, -0.25) is 4.79 Å². The molecule has 1 N–H and O–H groups in total. The van der Waals surface area contributed by atoms with E-state index < -0.39 is 17.6 Å². The van der Waals surface area contributed by atoms with E-state index in [-0.39, 0.29) is 12.0 Å². The molecule has 0 unspecified atom stereocenters. The van der Waals surface area contributed by atoms with Gasteiger partial charge in [0.05, 0.1) is 24.8 Å². The number of halogens is 4. The zero-order chi connectivity index (χ0) is 24.6. The van der Waals surface area contributed by atoms with Gasteiger partial charge in [0.1, 0.15) is 6.61 Å². The number of ether oxygens (including phenoxy) is 2. The minimum absolute atomic E-state index is 0.233. The van der Waals surface area contributed by atoms with Crippen molar-refractivity contribution in [3.63, 3.8) is 0 Å². The van der Waals surface area contributed by atoms with Gasteiger partial charge in [-0.15, -0.1) is 0 Å². The van der Waals surface area contributed by atoms with Crippen molar-refractivity contribution in [2.45, 2.75) is 26.1 Å². The molecule has 3 aromatic carbocycles. The van der Waals surface area contributed by atoms with Crippen LogP contribution in [0.4, 0.5) is 13.2 Å². The lowest BCUT2D eigenvalue weighted by atomic mass is 10.1. The van der Waals surface area contributed by atoms with Crippen LogP contribution in [0.15, 0.2) is 71.8 Å². The third-order valence-electron chi connectivity index (χ3n) is 4.60. The predicted molar refractivity (Wildman–Crippen MR) is 124 cm³/mol. The molecule has 0 aliphatic rings. The molecule has 0 aromatic heterocycles. The monoisotopic (exact) mass is 490 g/mol. The molecule has 0 spiro atoms. The maximum Gasteiger partial charge on any atom is 0.416 e. The highest BCUT2D eigenvalue weighted by molar-refractivity contribution is 6.30. The second-order valence-corrected chi connectivity index (χ2v) is 7.66. The van der Waals surface area contributed by atoms with Crippen LogP contribution < -0.4 is 14.9 Å². The topological polar surface area (TPSA) is 59.9 Å². The van der Waals surface area contributed by atoms with E-state index in [9.17, 15) is 18.0 Å². The average Bonchev–Trinajstić information content (AvgIpc) is 2.79. The molecule has 0 heterocycles. The fourth-order valence-corrected chi connectivity index (χ4v) is 3.12. The molecule has 0 saturated heterocycles. The summed E-state index contributed by atoms with van der Waals surface area (Å²) in [6.07, 6.45) is -3.29. The van der Waals surface area contributed by atoms with E-state index in [0.29, 0.717) is 35.3 Å². The van der Waals surface area contributed by atoms with E-state index in [4.69, 9.17) is 21.1 Å². The van der Waals surface area contributed by atoms with Crippen molar-refractivity contribution < 1.29 is 27.4 Å². The van der Waals surface area contributed by atoms with E-state index in [0.717, 1.165) is 17.7 Å². The lowest BCUT2D eigenvalue weighted by Gasteiger charge is -2.12. The zero-order valence-corrected chi connectivity index (χ0v) is 19.0. The fourth-order valence-electron chi connectivity index (χ4n) is 3.00. The smallest absolute Gasteiger partial charge is 0.416 e. The van der Waals surface area contributed by atoms with E-state index in [1.54, 1.807) is 30.3 Å². The Morgan fingerprint density at radius 2 is 1.76 bits per heavy atom. The van der Waals surface area contributed by atoms with Gasteiger partial charge in [0, 0.05) is 5.02 Å². The van der Waals surface area contributed by atoms with E-state index in [1.165, 1.54) is 18.3 Å². The summed E-state index contributed by atoms with van der Waals surface area (Å²) < 4.78 is 49.9. The third kappa shape index (κ3) is 7.52. The van der Waals surface area contributed by atoms with Crippen LogP contribution in [-0.4, -0.2) is 18.7 Å². The molecular weight excluding hydrogens is 469 g/mol. The van der Waals surface area contributed by atoms with Gasteiger partial charge in [-0.25, -0.2) is 5.43 Å². The number of carbonyl (C=O) groups is 1. The van der Waals surface area contributed by atoms with Gasteiger partial charge in [0.2, 0.25) is 5.91 Å². The second kappa shape index (κ2) is 11.6. The highest BCUT2D eigenvalue weighted by Gasteiger charge is 2.30. The molecule has 5 nitrogen and oxygen atoms in total. The molecule has 0 atom stereocenters. The van der Waals surface area contributed by atoms with Crippen molar-refractivity contribution in [3.05, 3.63) is 94.0 Å². The summed E-state index contributed by atoms with van der Waals surface area (Å²) in [7, 11) is 0. The molecule has 34 heavy (non-hydrogen) atoms. The van der Waals surface area contributed by atoms with Gasteiger partial charge in [-0.05, 0) is 60.0 Å². The van der Waals surface area contributed by atoms with Crippen LogP contribution in [-0.2, 0) is 24.0 Å². The number of hydrogen-bond donors (Lipinski definition) is 1. The average molecular weight is 491 g/mol. The summed E-state index contributed by atoms with van der Waals surface area (Å²) in [5.41, 5.74) is 3.34. The van der Waals surface area contributed by atoms with Crippen molar-refractivity contribution in [2.75, 3.05) is 6.61 Å². The highest BCUT2D eigenvalue weighted by atomic mass is 35.5. The molecule has 1 amide bonds. The lowest BCUT2D eigenvalue weighted by molar-refractivity contribution is -0.137. The number of nitrogens with zero attached hydrogens (tertiary/aromatic N) is 1. The Balaban J connectivity index is 1.60. The molecule has 0 aliphatic carbocycles. The van der Waals surface area contributed by atoms with Crippen LogP contribution in [0, 0.1) is 0 Å². The first-order valence-corrected chi connectivity index (χ1v) is 10.7. The maximum absolute atomic E-state index is 12.8. The Morgan fingerprint density at radius 3 is 2.47 bits per heavy atom. The first-order valence-electron chi connectivity index (χ1n) is 10.4. The first-order chi connectivity index (χ1) is 16.2.